The van der Waals surface area contributed by atoms with Crippen molar-refractivity contribution in [1.29, 1.82) is 0 Å². The summed E-state index contributed by atoms with van der Waals surface area (Å²) in [5.41, 5.74) is 3.02. The van der Waals surface area contributed by atoms with Gasteiger partial charge in [-0.1, -0.05) is 0 Å². The van der Waals surface area contributed by atoms with Crippen LogP contribution in [0.4, 0.5) is 4.79 Å². The number of hydrogen-bond donors (Lipinski definition) is 1. The highest BCUT2D eigenvalue weighted by Crippen LogP contribution is 2.12. The van der Waals surface area contributed by atoms with Gasteiger partial charge in [-0.2, -0.15) is 5.10 Å². The minimum absolute atomic E-state index is 0.404. The third kappa shape index (κ3) is 6.74. The molecule has 1 rings (SSSR count). The van der Waals surface area contributed by atoms with Crippen LogP contribution in [0, 0.1) is 0 Å². The van der Waals surface area contributed by atoms with Crippen molar-refractivity contribution in [3.05, 3.63) is 29.8 Å². The molecule has 0 aliphatic carbocycles. The first-order chi connectivity index (χ1) is 10.2. The fraction of sp³-hybridized carbons (Fsp3) is 0.400. The molecule has 0 aromatic heterocycles. The zero-order chi connectivity index (χ0) is 16.8. The third-order valence-electron chi connectivity index (χ3n) is 2.34. The van der Waals surface area contributed by atoms with Crippen LogP contribution in [0.25, 0.3) is 0 Å². The maximum absolute atomic E-state index is 11.5. The number of rotatable bonds is 5. The van der Waals surface area contributed by atoms with Crippen molar-refractivity contribution in [3.8, 4) is 5.75 Å². The fourth-order valence-corrected chi connectivity index (χ4v) is 1.43. The maximum atomic E-state index is 11.5. The van der Waals surface area contributed by atoms with Crippen molar-refractivity contribution in [2.75, 3.05) is 6.61 Å². The van der Waals surface area contributed by atoms with Gasteiger partial charge in [0.2, 0.25) is 0 Å². The van der Waals surface area contributed by atoms with Gasteiger partial charge in [-0.25, -0.2) is 10.2 Å². The molecule has 0 saturated heterocycles. The standard InChI is InChI=1S/C15H20N2O5/c1-10(16-17-14(20)22-15(2,3)4)11-5-7-12(8-6-11)21-9-13(18)19/h5-8H,9H2,1-4H3,(H,17,20)(H,18,19)/p-1/b16-10-. The summed E-state index contributed by atoms with van der Waals surface area (Å²) in [5.74, 6) is -0.885. The molecule has 22 heavy (non-hydrogen) atoms. The molecule has 0 aliphatic heterocycles. The summed E-state index contributed by atoms with van der Waals surface area (Å²) in [6.45, 7) is 6.48. The molecular formula is C15H19N2O5-. The Balaban J connectivity index is 2.61. The van der Waals surface area contributed by atoms with Crippen LogP contribution in [-0.2, 0) is 9.53 Å². The molecule has 7 nitrogen and oxygen atoms in total. The van der Waals surface area contributed by atoms with E-state index in [1.165, 1.54) is 0 Å². The van der Waals surface area contributed by atoms with Gasteiger partial charge in [0.15, 0.2) is 0 Å². The van der Waals surface area contributed by atoms with E-state index in [1.807, 2.05) is 0 Å². The number of hydrazone groups is 1. The number of ether oxygens (including phenoxy) is 2. The Bertz CT molecular complexity index is 558. The van der Waals surface area contributed by atoms with E-state index in [0.29, 0.717) is 11.5 Å². The molecule has 0 heterocycles. The van der Waals surface area contributed by atoms with Gasteiger partial charge in [0, 0.05) is 0 Å². The molecule has 0 radical (unpaired) electrons. The Morgan fingerprint density at radius 1 is 1.23 bits per heavy atom. The third-order valence-corrected chi connectivity index (χ3v) is 2.34. The number of nitrogens with zero attached hydrogens (tertiary/aromatic N) is 1. The summed E-state index contributed by atoms with van der Waals surface area (Å²) in [7, 11) is 0. The van der Waals surface area contributed by atoms with Crippen LogP contribution in [0.1, 0.15) is 33.3 Å². The topological polar surface area (TPSA) is 100 Å². The first-order valence-corrected chi connectivity index (χ1v) is 6.64. The summed E-state index contributed by atoms with van der Waals surface area (Å²) in [6, 6.07) is 6.59. The van der Waals surface area contributed by atoms with Crippen LogP contribution < -0.4 is 15.3 Å². The fourth-order valence-electron chi connectivity index (χ4n) is 1.43. The summed E-state index contributed by atoms with van der Waals surface area (Å²) in [4.78, 5) is 21.8. The van der Waals surface area contributed by atoms with Gasteiger partial charge in [-0.3, -0.25) is 0 Å². The summed E-state index contributed by atoms with van der Waals surface area (Å²) in [6.07, 6.45) is -0.638. The SMILES string of the molecule is C/C(=N/NC(=O)OC(C)(C)C)c1ccc(OCC(=O)[O-])cc1. The molecule has 0 bridgehead atoms. The average molecular weight is 307 g/mol. The minimum Gasteiger partial charge on any atom is -0.546 e. The Morgan fingerprint density at radius 2 is 1.82 bits per heavy atom. The number of carboxylic acid groups (broad SMARTS) is 1. The Labute approximate surface area is 128 Å². The second-order valence-electron chi connectivity index (χ2n) is 5.50. The molecular weight excluding hydrogens is 288 g/mol. The van der Waals surface area contributed by atoms with Gasteiger partial charge in [-0.15, -0.1) is 0 Å². The predicted octanol–water partition coefficient (Wildman–Crippen LogP) is 1.06. The van der Waals surface area contributed by atoms with Crippen LogP contribution in [0.15, 0.2) is 29.4 Å². The maximum Gasteiger partial charge on any atom is 0.428 e. The van der Waals surface area contributed by atoms with E-state index in [4.69, 9.17) is 9.47 Å². The van der Waals surface area contributed by atoms with E-state index in [2.05, 4.69) is 10.5 Å². The highest BCUT2D eigenvalue weighted by atomic mass is 16.6. The monoisotopic (exact) mass is 307 g/mol. The van der Waals surface area contributed by atoms with Crippen LogP contribution in [-0.4, -0.2) is 30.0 Å². The van der Waals surface area contributed by atoms with Crippen LogP contribution in [0.3, 0.4) is 0 Å². The number of nitrogens with one attached hydrogen (secondary N) is 1. The molecule has 0 saturated carbocycles. The lowest BCUT2D eigenvalue weighted by molar-refractivity contribution is -0.307. The van der Waals surface area contributed by atoms with E-state index < -0.39 is 24.3 Å². The number of aliphatic carboxylic acids is 1. The lowest BCUT2D eigenvalue weighted by Crippen LogP contribution is -2.30. The molecule has 1 aromatic carbocycles. The molecule has 120 valence electrons. The Hall–Kier alpha value is -2.57. The molecule has 1 aromatic rings. The predicted molar refractivity (Wildman–Crippen MR) is 78.5 cm³/mol. The number of benzene rings is 1. The van der Waals surface area contributed by atoms with Crippen molar-refractivity contribution in [2.45, 2.75) is 33.3 Å². The van der Waals surface area contributed by atoms with E-state index in [1.54, 1.807) is 52.0 Å². The quantitative estimate of drug-likeness (QED) is 0.647. The smallest absolute Gasteiger partial charge is 0.428 e. The number of carbonyl (C=O) groups is 2. The second kappa shape index (κ2) is 7.44. The normalized spacial score (nSPS) is 11.7. The van der Waals surface area contributed by atoms with Crippen molar-refractivity contribution in [2.24, 2.45) is 5.10 Å². The van der Waals surface area contributed by atoms with Gasteiger partial charge < -0.3 is 19.4 Å². The van der Waals surface area contributed by atoms with Crippen molar-refractivity contribution in [3.63, 3.8) is 0 Å². The van der Waals surface area contributed by atoms with Crippen LogP contribution in [0.5, 0.6) is 5.75 Å². The highest BCUT2D eigenvalue weighted by Gasteiger charge is 2.15. The molecule has 7 heteroatoms. The molecule has 0 atom stereocenters. The van der Waals surface area contributed by atoms with E-state index in [0.717, 1.165) is 5.56 Å². The summed E-state index contributed by atoms with van der Waals surface area (Å²) >= 11 is 0. The van der Waals surface area contributed by atoms with Crippen LogP contribution >= 0.6 is 0 Å². The van der Waals surface area contributed by atoms with Gasteiger partial charge in [0.1, 0.15) is 18.0 Å². The second-order valence-corrected chi connectivity index (χ2v) is 5.50. The molecule has 0 fully saturated rings. The Morgan fingerprint density at radius 3 is 2.32 bits per heavy atom. The zero-order valence-electron chi connectivity index (χ0n) is 13.0. The largest absolute Gasteiger partial charge is 0.546 e. The van der Waals surface area contributed by atoms with Gasteiger partial charge in [-0.05, 0) is 57.5 Å². The van der Waals surface area contributed by atoms with E-state index in [-0.39, 0.29) is 0 Å². The number of carboxylic acids is 1. The van der Waals surface area contributed by atoms with Gasteiger partial charge >= 0.3 is 6.09 Å². The minimum atomic E-state index is -1.29. The number of amides is 1. The first kappa shape index (κ1) is 17.5. The lowest BCUT2D eigenvalue weighted by atomic mass is 10.1. The highest BCUT2D eigenvalue weighted by molar-refractivity contribution is 5.99. The first-order valence-electron chi connectivity index (χ1n) is 6.64. The summed E-state index contributed by atoms with van der Waals surface area (Å²) < 4.78 is 10.0. The van der Waals surface area contributed by atoms with Crippen LogP contribution in [0.2, 0.25) is 0 Å². The molecule has 0 aliphatic rings. The average Bonchev–Trinajstić information content (AvgIpc) is 2.41. The zero-order valence-corrected chi connectivity index (χ0v) is 13.0. The molecule has 0 unspecified atom stereocenters. The van der Waals surface area contributed by atoms with E-state index >= 15 is 0 Å². The van der Waals surface area contributed by atoms with E-state index in [9.17, 15) is 14.7 Å². The summed E-state index contributed by atoms with van der Waals surface area (Å²) in [5, 5.41) is 14.2. The van der Waals surface area contributed by atoms with Crippen molar-refractivity contribution < 1.29 is 24.2 Å². The molecule has 1 amide bonds. The van der Waals surface area contributed by atoms with Gasteiger partial charge in [0.25, 0.3) is 0 Å². The van der Waals surface area contributed by atoms with Crippen molar-refractivity contribution >= 4 is 17.8 Å². The van der Waals surface area contributed by atoms with Gasteiger partial charge in [0.05, 0.1) is 11.7 Å². The Kier molecular flexibility index (Phi) is 5.91. The lowest BCUT2D eigenvalue weighted by Gasteiger charge is -2.18. The van der Waals surface area contributed by atoms with Crippen molar-refractivity contribution in [1.82, 2.24) is 5.43 Å². The molecule has 0 spiro atoms. The number of carbonyl (C=O) groups excluding carboxylic acids is 2. The molecule has 1 N–H and O–H groups in total. The number of hydrogen-bond acceptors (Lipinski definition) is 6.